The van der Waals surface area contributed by atoms with Crippen LogP contribution >= 0.6 is 0 Å². The van der Waals surface area contributed by atoms with E-state index < -0.39 is 6.10 Å². The molecular formula is C23H21NO4. The van der Waals surface area contributed by atoms with Crippen LogP contribution in [0.25, 0.3) is 0 Å². The van der Waals surface area contributed by atoms with Gasteiger partial charge in [0.15, 0.2) is 6.10 Å². The second kappa shape index (κ2) is 7.43. The van der Waals surface area contributed by atoms with Gasteiger partial charge in [0.05, 0.1) is 17.5 Å². The van der Waals surface area contributed by atoms with Crippen LogP contribution in [-0.2, 0) is 9.59 Å². The van der Waals surface area contributed by atoms with Gasteiger partial charge in [-0.3, -0.25) is 14.4 Å². The number of benzene rings is 2. The summed E-state index contributed by atoms with van der Waals surface area (Å²) in [6.45, 7) is 1.67. The molecule has 2 aliphatic rings. The van der Waals surface area contributed by atoms with Crippen LogP contribution in [0.1, 0.15) is 30.1 Å². The van der Waals surface area contributed by atoms with E-state index >= 15 is 0 Å². The Morgan fingerprint density at radius 1 is 0.929 bits per heavy atom. The minimum atomic E-state index is -0.750. The number of anilines is 1. The fourth-order valence-electron chi connectivity index (χ4n) is 3.86. The van der Waals surface area contributed by atoms with E-state index in [0.717, 1.165) is 0 Å². The van der Waals surface area contributed by atoms with Crippen LogP contribution in [0.4, 0.5) is 5.69 Å². The van der Waals surface area contributed by atoms with Gasteiger partial charge in [0.2, 0.25) is 17.6 Å². The summed E-state index contributed by atoms with van der Waals surface area (Å²) in [4.78, 5) is 39.7. The number of rotatable bonds is 5. The maximum atomic E-state index is 12.9. The van der Waals surface area contributed by atoms with Crippen molar-refractivity contribution in [1.29, 1.82) is 0 Å². The summed E-state index contributed by atoms with van der Waals surface area (Å²) >= 11 is 0. The second-order valence-corrected chi connectivity index (χ2v) is 7.13. The van der Waals surface area contributed by atoms with E-state index in [2.05, 4.69) is 0 Å². The van der Waals surface area contributed by atoms with Gasteiger partial charge >= 0.3 is 0 Å². The third-order valence-electron chi connectivity index (χ3n) is 5.35. The molecule has 0 unspecified atom stereocenters. The van der Waals surface area contributed by atoms with E-state index in [1.807, 2.05) is 18.2 Å². The maximum Gasteiger partial charge on any atom is 0.238 e. The zero-order valence-corrected chi connectivity index (χ0v) is 15.6. The molecular weight excluding hydrogens is 354 g/mol. The normalized spacial score (nSPS) is 22.1. The van der Waals surface area contributed by atoms with Crippen LogP contribution in [0.5, 0.6) is 5.75 Å². The summed E-state index contributed by atoms with van der Waals surface area (Å²) in [6, 6.07) is 15.8. The fourth-order valence-corrected chi connectivity index (χ4v) is 3.86. The number of amides is 2. The lowest BCUT2D eigenvalue weighted by molar-refractivity contribution is -0.122. The van der Waals surface area contributed by atoms with Crippen molar-refractivity contribution in [1.82, 2.24) is 0 Å². The lowest BCUT2D eigenvalue weighted by Gasteiger charge is -2.21. The predicted octanol–water partition coefficient (Wildman–Crippen LogP) is 3.79. The van der Waals surface area contributed by atoms with Gasteiger partial charge in [-0.15, -0.1) is 0 Å². The number of hydrogen-bond donors (Lipinski definition) is 0. The van der Waals surface area contributed by atoms with E-state index in [9.17, 15) is 14.4 Å². The Morgan fingerprint density at radius 3 is 2.14 bits per heavy atom. The summed E-state index contributed by atoms with van der Waals surface area (Å²) in [5, 5.41) is 0. The van der Waals surface area contributed by atoms with Gasteiger partial charge in [-0.25, -0.2) is 4.90 Å². The molecule has 0 bridgehead atoms. The van der Waals surface area contributed by atoms with Crippen LogP contribution in [0.15, 0.2) is 66.7 Å². The zero-order chi connectivity index (χ0) is 19.7. The molecule has 1 saturated heterocycles. The van der Waals surface area contributed by atoms with Crippen LogP contribution in [-0.4, -0.2) is 23.7 Å². The highest BCUT2D eigenvalue weighted by atomic mass is 16.5. The number of carbonyl (C=O) groups excluding carboxylic acids is 3. The smallest absolute Gasteiger partial charge is 0.238 e. The molecule has 1 aliphatic carbocycles. The van der Waals surface area contributed by atoms with Gasteiger partial charge in [0.25, 0.3) is 0 Å². The van der Waals surface area contributed by atoms with Crippen molar-refractivity contribution in [3.63, 3.8) is 0 Å². The Bertz CT molecular complexity index is 924. The minimum absolute atomic E-state index is 0.160. The average Bonchev–Trinajstić information content (AvgIpc) is 2.99. The molecule has 4 rings (SSSR count). The van der Waals surface area contributed by atoms with Crippen LogP contribution in [0.2, 0.25) is 0 Å². The summed E-state index contributed by atoms with van der Waals surface area (Å²) in [5.74, 6) is -0.822. The molecule has 5 nitrogen and oxygen atoms in total. The van der Waals surface area contributed by atoms with Crippen molar-refractivity contribution in [3.8, 4) is 5.75 Å². The minimum Gasteiger partial charge on any atom is -0.480 e. The first kappa shape index (κ1) is 18.2. The Balaban J connectivity index is 1.60. The SMILES string of the molecule is C[C@H](Oc1ccccc1N1C(=O)[C@H]2CC=CC[C@@H]2C1=O)C(=O)c1ccccc1. The molecule has 1 heterocycles. The molecule has 142 valence electrons. The zero-order valence-electron chi connectivity index (χ0n) is 15.6. The quantitative estimate of drug-likeness (QED) is 0.453. The molecule has 3 atom stereocenters. The summed E-state index contributed by atoms with van der Waals surface area (Å²) in [6.07, 6.45) is 4.33. The number of ether oxygens (including phenoxy) is 1. The third kappa shape index (κ3) is 3.13. The van der Waals surface area contributed by atoms with E-state index in [0.29, 0.717) is 29.8 Å². The van der Waals surface area contributed by atoms with Gasteiger partial charge in [-0.1, -0.05) is 54.6 Å². The Morgan fingerprint density at radius 2 is 1.50 bits per heavy atom. The first-order valence-corrected chi connectivity index (χ1v) is 9.45. The molecule has 2 aromatic carbocycles. The van der Waals surface area contributed by atoms with Gasteiger partial charge < -0.3 is 4.74 Å². The van der Waals surface area contributed by atoms with Crippen molar-refractivity contribution in [2.75, 3.05) is 4.90 Å². The number of allylic oxidation sites excluding steroid dienone is 2. The largest absolute Gasteiger partial charge is 0.480 e. The Kier molecular flexibility index (Phi) is 4.82. The Hall–Kier alpha value is -3.21. The van der Waals surface area contributed by atoms with Gasteiger partial charge in [0.1, 0.15) is 5.75 Å². The molecule has 0 saturated carbocycles. The molecule has 0 aromatic heterocycles. The molecule has 1 aliphatic heterocycles. The average molecular weight is 375 g/mol. The number of Topliss-reactive ketones (excluding diaryl/α,β-unsaturated/α-hetero) is 1. The molecule has 0 N–H and O–H groups in total. The summed E-state index contributed by atoms with van der Waals surface area (Å²) in [7, 11) is 0. The standard InChI is InChI=1S/C23H21NO4/c1-15(21(25)16-9-3-2-4-10-16)28-20-14-8-7-13-19(20)24-22(26)17-11-5-6-12-18(17)23(24)27/h2-10,13-15,17-18H,11-12H2,1H3/t15-,17-,18-/m0/s1. The van der Waals surface area contributed by atoms with Crippen molar-refractivity contribution >= 4 is 23.3 Å². The molecule has 28 heavy (non-hydrogen) atoms. The Labute approximate surface area is 163 Å². The van der Waals surface area contributed by atoms with E-state index in [-0.39, 0.29) is 29.4 Å². The van der Waals surface area contributed by atoms with Crippen molar-refractivity contribution in [2.45, 2.75) is 25.9 Å². The van der Waals surface area contributed by atoms with Crippen LogP contribution in [0.3, 0.4) is 0 Å². The first-order valence-electron chi connectivity index (χ1n) is 9.45. The molecule has 0 radical (unpaired) electrons. The number of para-hydroxylation sites is 2. The predicted molar refractivity (Wildman–Crippen MR) is 105 cm³/mol. The monoisotopic (exact) mass is 375 g/mol. The highest BCUT2D eigenvalue weighted by molar-refractivity contribution is 6.22. The maximum absolute atomic E-state index is 12.9. The summed E-state index contributed by atoms with van der Waals surface area (Å²) < 4.78 is 5.91. The lowest BCUT2D eigenvalue weighted by Crippen LogP contribution is -2.32. The van der Waals surface area contributed by atoms with Crippen LogP contribution < -0.4 is 9.64 Å². The molecule has 2 aromatic rings. The van der Waals surface area contributed by atoms with Crippen LogP contribution in [0, 0.1) is 11.8 Å². The van der Waals surface area contributed by atoms with E-state index in [1.54, 1.807) is 55.5 Å². The molecule has 2 amide bonds. The van der Waals surface area contributed by atoms with Gasteiger partial charge in [-0.05, 0) is 31.9 Å². The van der Waals surface area contributed by atoms with Crippen molar-refractivity contribution in [2.24, 2.45) is 11.8 Å². The van der Waals surface area contributed by atoms with Crippen molar-refractivity contribution < 1.29 is 19.1 Å². The highest BCUT2D eigenvalue weighted by Crippen LogP contribution is 2.40. The number of nitrogens with zero attached hydrogens (tertiary/aromatic N) is 1. The topological polar surface area (TPSA) is 63.7 Å². The molecule has 1 fully saturated rings. The van der Waals surface area contributed by atoms with E-state index in [4.69, 9.17) is 4.74 Å². The molecule has 5 heteroatoms. The van der Waals surface area contributed by atoms with E-state index in [1.165, 1.54) is 4.90 Å². The number of ketones is 1. The fraction of sp³-hybridized carbons (Fsp3) is 0.261. The third-order valence-corrected chi connectivity index (χ3v) is 5.35. The highest BCUT2D eigenvalue weighted by Gasteiger charge is 2.48. The van der Waals surface area contributed by atoms with Gasteiger partial charge in [0, 0.05) is 5.56 Å². The second-order valence-electron chi connectivity index (χ2n) is 7.13. The number of fused-ring (bicyclic) bond motifs is 1. The summed E-state index contributed by atoms with van der Waals surface area (Å²) in [5.41, 5.74) is 0.956. The number of hydrogen-bond acceptors (Lipinski definition) is 4. The van der Waals surface area contributed by atoms with Crippen molar-refractivity contribution in [3.05, 3.63) is 72.3 Å². The van der Waals surface area contributed by atoms with Gasteiger partial charge in [-0.2, -0.15) is 0 Å². The first-order chi connectivity index (χ1) is 13.6. The lowest BCUT2D eigenvalue weighted by atomic mass is 9.85. The number of imide groups is 1. The number of carbonyl (C=O) groups is 3. The molecule has 0 spiro atoms.